The van der Waals surface area contributed by atoms with Crippen LogP contribution in [0.4, 0.5) is 0 Å². The van der Waals surface area contributed by atoms with E-state index in [1.807, 2.05) is 0 Å². The second-order valence-electron chi connectivity index (χ2n) is 5.53. The molecule has 0 radical (unpaired) electrons. The van der Waals surface area contributed by atoms with E-state index in [1.54, 1.807) is 48.5 Å². The molecule has 1 aliphatic rings. The molecule has 2 aromatic carbocycles. The SMILES string of the molecule is O=C(O)Cc1cccc2c1OC(=O)C(C(=O)O)C2c1ccccc1. The summed E-state index contributed by atoms with van der Waals surface area (Å²) in [6, 6.07) is 13.7. The topological polar surface area (TPSA) is 101 Å². The number of para-hydroxylation sites is 1. The van der Waals surface area contributed by atoms with Crippen LogP contribution >= 0.6 is 0 Å². The van der Waals surface area contributed by atoms with Gasteiger partial charge >= 0.3 is 17.9 Å². The van der Waals surface area contributed by atoms with Gasteiger partial charge < -0.3 is 14.9 Å². The molecule has 0 saturated carbocycles. The van der Waals surface area contributed by atoms with Crippen LogP contribution in [0.3, 0.4) is 0 Å². The van der Waals surface area contributed by atoms with Crippen LogP contribution in [0.2, 0.25) is 0 Å². The Bertz CT molecular complexity index is 812. The van der Waals surface area contributed by atoms with Gasteiger partial charge in [-0.25, -0.2) is 0 Å². The summed E-state index contributed by atoms with van der Waals surface area (Å²) in [6.45, 7) is 0. The van der Waals surface area contributed by atoms with Crippen LogP contribution in [0.25, 0.3) is 0 Å². The second kappa shape index (κ2) is 6.16. The first-order valence-corrected chi connectivity index (χ1v) is 7.32. The quantitative estimate of drug-likeness (QED) is 0.507. The number of hydrogen-bond donors (Lipinski definition) is 2. The van der Waals surface area contributed by atoms with E-state index in [2.05, 4.69) is 0 Å². The van der Waals surface area contributed by atoms with Crippen molar-refractivity contribution in [2.24, 2.45) is 5.92 Å². The van der Waals surface area contributed by atoms with Crippen molar-refractivity contribution in [3.63, 3.8) is 0 Å². The van der Waals surface area contributed by atoms with Gasteiger partial charge in [-0.3, -0.25) is 14.4 Å². The highest BCUT2D eigenvalue weighted by molar-refractivity contribution is 5.98. The Morgan fingerprint density at radius 3 is 2.33 bits per heavy atom. The summed E-state index contributed by atoms with van der Waals surface area (Å²) < 4.78 is 5.21. The number of esters is 1. The summed E-state index contributed by atoms with van der Waals surface area (Å²) in [5.41, 5.74) is 1.51. The van der Waals surface area contributed by atoms with E-state index in [0.717, 1.165) is 0 Å². The van der Waals surface area contributed by atoms with Gasteiger partial charge in [0.05, 0.1) is 6.42 Å². The van der Waals surface area contributed by atoms with Gasteiger partial charge in [0.25, 0.3) is 0 Å². The molecule has 24 heavy (non-hydrogen) atoms. The lowest BCUT2D eigenvalue weighted by Crippen LogP contribution is -2.38. The minimum absolute atomic E-state index is 0.149. The summed E-state index contributed by atoms with van der Waals surface area (Å²) in [5, 5.41) is 18.5. The first-order chi connectivity index (χ1) is 11.5. The minimum atomic E-state index is -1.38. The van der Waals surface area contributed by atoms with Crippen LogP contribution < -0.4 is 4.74 Å². The van der Waals surface area contributed by atoms with Crippen LogP contribution in [-0.2, 0) is 20.8 Å². The molecular formula is C18H14O6. The summed E-state index contributed by atoms with van der Waals surface area (Å²) in [5.74, 6) is -5.18. The zero-order valence-electron chi connectivity index (χ0n) is 12.5. The summed E-state index contributed by atoms with van der Waals surface area (Å²) in [6.07, 6.45) is -0.310. The van der Waals surface area contributed by atoms with Gasteiger partial charge in [0.15, 0.2) is 5.92 Å². The van der Waals surface area contributed by atoms with Gasteiger partial charge in [-0.05, 0) is 5.56 Å². The average Bonchev–Trinajstić information content (AvgIpc) is 2.54. The molecule has 2 atom stereocenters. The molecule has 2 aromatic rings. The Morgan fingerprint density at radius 1 is 1.00 bits per heavy atom. The van der Waals surface area contributed by atoms with E-state index in [1.165, 1.54) is 0 Å². The van der Waals surface area contributed by atoms with Crippen molar-refractivity contribution in [2.45, 2.75) is 12.3 Å². The normalized spacial score (nSPS) is 19.2. The van der Waals surface area contributed by atoms with Gasteiger partial charge in [0, 0.05) is 17.0 Å². The smallest absolute Gasteiger partial charge is 0.326 e. The third-order valence-electron chi connectivity index (χ3n) is 4.02. The third-order valence-corrected chi connectivity index (χ3v) is 4.02. The standard InChI is InChI=1S/C18H14O6/c19-13(20)9-11-7-4-8-12-14(10-5-2-1-3-6-10)15(17(21)22)18(23)24-16(11)12/h1-8,14-15H,9H2,(H,19,20)(H,21,22). The lowest BCUT2D eigenvalue weighted by molar-refractivity contribution is -0.155. The molecule has 0 bridgehead atoms. The van der Waals surface area contributed by atoms with E-state index in [4.69, 9.17) is 9.84 Å². The Hall–Kier alpha value is -3.15. The van der Waals surface area contributed by atoms with Crippen LogP contribution in [-0.4, -0.2) is 28.1 Å². The van der Waals surface area contributed by atoms with Crippen LogP contribution in [0, 0.1) is 5.92 Å². The van der Waals surface area contributed by atoms with Gasteiger partial charge in [0.1, 0.15) is 5.75 Å². The monoisotopic (exact) mass is 326 g/mol. The average molecular weight is 326 g/mol. The van der Waals surface area contributed by atoms with Crippen LogP contribution in [0.15, 0.2) is 48.5 Å². The highest BCUT2D eigenvalue weighted by atomic mass is 16.5. The van der Waals surface area contributed by atoms with Crippen molar-refractivity contribution in [1.82, 2.24) is 0 Å². The van der Waals surface area contributed by atoms with Gasteiger partial charge in [0.2, 0.25) is 0 Å². The molecule has 6 nitrogen and oxygen atoms in total. The molecule has 6 heteroatoms. The number of hydrogen-bond acceptors (Lipinski definition) is 4. The predicted octanol–water partition coefficient (Wildman–Crippen LogP) is 2.07. The number of carbonyl (C=O) groups is 3. The van der Waals surface area contributed by atoms with Crippen molar-refractivity contribution < 1.29 is 29.3 Å². The number of fused-ring (bicyclic) bond motifs is 1. The van der Waals surface area contributed by atoms with E-state index < -0.39 is 29.7 Å². The van der Waals surface area contributed by atoms with Crippen molar-refractivity contribution in [1.29, 1.82) is 0 Å². The predicted molar refractivity (Wildman–Crippen MR) is 82.8 cm³/mol. The van der Waals surface area contributed by atoms with Crippen LogP contribution in [0.1, 0.15) is 22.6 Å². The zero-order chi connectivity index (χ0) is 17.3. The van der Waals surface area contributed by atoms with Crippen molar-refractivity contribution in [3.05, 3.63) is 65.2 Å². The lowest BCUT2D eigenvalue weighted by Gasteiger charge is -2.31. The Kier molecular flexibility index (Phi) is 4.04. The summed E-state index contributed by atoms with van der Waals surface area (Å²) >= 11 is 0. The number of carboxylic acids is 2. The Labute approximate surface area is 137 Å². The molecule has 0 saturated heterocycles. The van der Waals surface area contributed by atoms with Crippen molar-refractivity contribution in [2.75, 3.05) is 0 Å². The Balaban J connectivity index is 2.20. The van der Waals surface area contributed by atoms with Crippen molar-refractivity contribution in [3.8, 4) is 5.75 Å². The van der Waals surface area contributed by atoms with E-state index >= 15 is 0 Å². The fourth-order valence-corrected chi connectivity index (χ4v) is 3.03. The number of benzene rings is 2. The number of aliphatic carboxylic acids is 2. The van der Waals surface area contributed by atoms with E-state index in [0.29, 0.717) is 16.7 Å². The molecule has 2 N–H and O–H groups in total. The highest BCUT2D eigenvalue weighted by Gasteiger charge is 2.44. The maximum Gasteiger partial charge on any atom is 0.326 e. The largest absolute Gasteiger partial charge is 0.481 e. The first-order valence-electron chi connectivity index (χ1n) is 7.32. The second-order valence-corrected chi connectivity index (χ2v) is 5.53. The summed E-state index contributed by atoms with van der Waals surface area (Å²) in [4.78, 5) is 34.9. The lowest BCUT2D eigenvalue weighted by atomic mass is 9.78. The molecule has 0 fully saturated rings. The number of ether oxygens (including phenoxy) is 1. The fraction of sp³-hybridized carbons (Fsp3) is 0.167. The highest BCUT2D eigenvalue weighted by Crippen LogP contribution is 2.43. The van der Waals surface area contributed by atoms with E-state index in [-0.39, 0.29) is 12.2 Å². The maximum atomic E-state index is 12.3. The minimum Gasteiger partial charge on any atom is -0.481 e. The number of rotatable bonds is 4. The maximum absolute atomic E-state index is 12.3. The van der Waals surface area contributed by atoms with Crippen LogP contribution in [0.5, 0.6) is 5.75 Å². The molecule has 0 spiro atoms. The molecule has 3 rings (SSSR count). The van der Waals surface area contributed by atoms with Gasteiger partial charge in [-0.15, -0.1) is 0 Å². The number of carboxylic acid groups (broad SMARTS) is 2. The molecular weight excluding hydrogens is 312 g/mol. The van der Waals surface area contributed by atoms with Gasteiger partial charge in [-0.1, -0.05) is 48.5 Å². The molecule has 0 aromatic heterocycles. The molecule has 2 unspecified atom stereocenters. The zero-order valence-corrected chi connectivity index (χ0v) is 12.5. The molecule has 1 aliphatic heterocycles. The molecule has 0 aliphatic carbocycles. The number of carbonyl (C=O) groups excluding carboxylic acids is 1. The molecule has 1 heterocycles. The molecule has 122 valence electrons. The van der Waals surface area contributed by atoms with Crippen molar-refractivity contribution >= 4 is 17.9 Å². The summed E-state index contributed by atoms with van der Waals surface area (Å²) in [7, 11) is 0. The van der Waals surface area contributed by atoms with Gasteiger partial charge in [-0.2, -0.15) is 0 Å². The molecule has 0 amide bonds. The fourth-order valence-electron chi connectivity index (χ4n) is 3.03. The third kappa shape index (κ3) is 2.74. The first kappa shape index (κ1) is 15.7. The van der Waals surface area contributed by atoms with E-state index in [9.17, 15) is 19.5 Å². The Morgan fingerprint density at radius 2 is 1.71 bits per heavy atom.